The summed E-state index contributed by atoms with van der Waals surface area (Å²) >= 11 is 7.54. The number of aromatic nitrogens is 2. The molecule has 3 heterocycles. The molecule has 1 aliphatic heterocycles. The topological polar surface area (TPSA) is 17.8 Å². The van der Waals surface area contributed by atoms with Gasteiger partial charge in [0.2, 0.25) is 0 Å². The van der Waals surface area contributed by atoms with Gasteiger partial charge in [-0.15, -0.1) is 11.3 Å². The molecule has 2 aromatic rings. The molecule has 0 saturated carbocycles. The molecule has 0 N–H and O–H groups in total. The third kappa shape index (κ3) is 1.68. The highest BCUT2D eigenvalue weighted by atomic mass is 35.5. The Morgan fingerprint density at radius 3 is 3.06 bits per heavy atom. The van der Waals surface area contributed by atoms with E-state index < -0.39 is 0 Å². The molecular formula is C12H13ClN2S. The third-order valence-electron chi connectivity index (χ3n) is 3.13. The Bertz CT molecular complexity index is 515. The van der Waals surface area contributed by atoms with Crippen LogP contribution in [0.4, 0.5) is 0 Å². The van der Waals surface area contributed by atoms with Gasteiger partial charge < -0.3 is 4.57 Å². The zero-order chi connectivity index (χ0) is 11.1. The van der Waals surface area contributed by atoms with Crippen molar-refractivity contribution in [1.82, 2.24) is 9.55 Å². The summed E-state index contributed by atoms with van der Waals surface area (Å²) in [4.78, 5) is 5.87. The smallest absolute Gasteiger partial charge is 0.109 e. The number of halogens is 1. The van der Waals surface area contributed by atoms with Crippen LogP contribution in [0.2, 0.25) is 4.34 Å². The number of aryl methyl sites for hydroxylation is 1. The minimum absolute atomic E-state index is 0.584. The van der Waals surface area contributed by atoms with Crippen molar-refractivity contribution in [3.63, 3.8) is 0 Å². The Labute approximate surface area is 104 Å². The lowest BCUT2D eigenvalue weighted by atomic mass is 10.1. The van der Waals surface area contributed by atoms with E-state index in [0.717, 1.165) is 16.5 Å². The highest BCUT2D eigenvalue weighted by Gasteiger charge is 2.18. The van der Waals surface area contributed by atoms with Crippen molar-refractivity contribution in [1.29, 1.82) is 0 Å². The largest absolute Gasteiger partial charge is 0.331 e. The first kappa shape index (κ1) is 10.4. The fourth-order valence-corrected chi connectivity index (χ4v) is 3.26. The van der Waals surface area contributed by atoms with Gasteiger partial charge in [0.05, 0.1) is 14.9 Å². The van der Waals surface area contributed by atoms with Crippen molar-refractivity contribution < 1.29 is 0 Å². The normalized spacial score (nSPS) is 19.8. The Morgan fingerprint density at radius 1 is 1.50 bits per heavy atom. The lowest BCUT2D eigenvalue weighted by molar-refractivity contribution is 0.426. The molecule has 0 fully saturated rings. The standard InChI is InChI=1S/C12H13ClN2S/c1-8-3-2-4-12-14-9(7-15(8)12)10-5-6-11(13)16-10/h5-8H,2-4H2,1H3/t8-/m1/s1. The molecule has 0 aromatic carbocycles. The van der Waals surface area contributed by atoms with Gasteiger partial charge >= 0.3 is 0 Å². The second-order valence-electron chi connectivity index (χ2n) is 4.29. The second-order valence-corrected chi connectivity index (χ2v) is 6.01. The van der Waals surface area contributed by atoms with Crippen LogP contribution in [0.5, 0.6) is 0 Å². The van der Waals surface area contributed by atoms with E-state index >= 15 is 0 Å². The average Bonchev–Trinajstić information content (AvgIpc) is 2.84. The minimum Gasteiger partial charge on any atom is -0.331 e. The monoisotopic (exact) mass is 252 g/mol. The van der Waals surface area contributed by atoms with E-state index in [1.54, 1.807) is 11.3 Å². The van der Waals surface area contributed by atoms with Gasteiger partial charge in [-0.1, -0.05) is 11.6 Å². The van der Waals surface area contributed by atoms with E-state index in [4.69, 9.17) is 16.6 Å². The summed E-state index contributed by atoms with van der Waals surface area (Å²) < 4.78 is 3.14. The Morgan fingerprint density at radius 2 is 2.38 bits per heavy atom. The summed E-state index contributed by atoms with van der Waals surface area (Å²) in [6.07, 6.45) is 5.78. The Balaban J connectivity index is 2.04. The highest BCUT2D eigenvalue weighted by molar-refractivity contribution is 7.19. The van der Waals surface area contributed by atoms with Gasteiger partial charge in [0, 0.05) is 18.7 Å². The number of nitrogens with zero attached hydrogens (tertiary/aromatic N) is 2. The van der Waals surface area contributed by atoms with E-state index in [1.165, 1.54) is 23.5 Å². The van der Waals surface area contributed by atoms with E-state index in [9.17, 15) is 0 Å². The minimum atomic E-state index is 0.584. The van der Waals surface area contributed by atoms with Crippen molar-refractivity contribution >= 4 is 22.9 Å². The predicted molar refractivity (Wildman–Crippen MR) is 68.2 cm³/mol. The van der Waals surface area contributed by atoms with Crippen LogP contribution < -0.4 is 0 Å². The van der Waals surface area contributed by atoms with Crippen LogP contribution >= 0.6 is 22.9 Å². The number of fused-ring (bicyclic) bond motifs is 1. The zero-order valence-electron chi connectivity index (χ0n) is 9.11. The summed E-state index contributed by atoms with van der Waals surface area (Å²) in [6, 6.07) is 4.57. The molecule has 0 radical (unpaired) electrons. The first-order chi connectivity index (χ1) is 7.74. The van der Waals surface area contributed by atoms with E-state index in [0.29, 0.717) is 6.04 Å². The first-order valence-electron chi connectivity index (χ1n) is 5.57. The van der Waals surface area contributed by atoms with Crippen LogP contribution in [-0.2, 0) is 6.42 Å². The van der Waals surface area contributed by atoms with E-state index in [-0.39, 0.29) is 0 Å². The second kappa shape index (κ2) is 3.90. The number of hydrogen-bond acceptors (Lipinski definition) is 2. The van der Waals surface area contributed by atoms with Gasteiger partial charge in [0.1, 0.15) is 5.82 Å². The van der Waals surface area contributed by atoms with Crippen molar-refractivity contribution in [2.75, 3.05) is 0 Å². The first-order valence-corrected chi connectivity index (χ1v) is 6.77. The van der Waals surface area contributed by atoms with Crippen LogP contribution in [0.15, 0.2) is 18.3 Å². The summed E-state index contributed by atoms with van der Waals surface area (Å²) in [7, 11) is 0. The molecule has 0 aliphatic carbocycles. The van der Waals surface area contributed by atoms with Gasteiger partial charge in [-0.05, 0) is 31.9 Å². The Hall–Kier alpha value is -0.800. The molecule has 1 atom stereocenters. The average molecular weight is 253 g/mol. The lowest BCUT2D eigenvalue weighted by Crippen LogP contribution is -2.14. The predicted octanol–water partition coefficient (Wildman–Crippen LogP) is 4.16. The van der Waals surface area contributed by atoms with Crippen molar-refractivity contribution in [3.8, 4) is 10.6 Å². The molecule has 0 spiro atoms. The molecule has 0 saturated heterocycles. The van der Waals surface area contributed by atoms with Gasteiger partial charge in [-0.2, -0.15) is 0 Å². The van der Waals surface area contributed by atoms with Crippen LogP contribution in [0.1, 0.15) is 31.6 Å². The van der Waals surface area contributed by atoms with Gasteiger partial charge in [-0.25, -0.2) is 4.98 Å². The summed E-state index contributed by atoms with van der Waals surface area (Å²) in [6.45, 7) is 2.26. The van der Waals surface area contributed by atoms with Crippen molar-refractivity contribution in [3.05, 3.63) is 28.5 Å². The van der Waals surface area contributed by atoms with Gasteiger partial charge in [0.15, 0.2) is 0 Å². The number of hydrogen-bond donors (Lipinski definition) is 0. The SMILES string of the molecule is C[C@@H]1CCCc2nc(-c3ccc(Cl)s3)cn21. The van der Waals surface area contributed by atoms with Gasteiger partial charge in [0.25, 0.3) is 0 Å². The van der Waals surface area contributed by atoms with Crippen LogP contribution in [0.25, 0.3) is 10.6 Å². The van der Waals surface area contributed by atoms with Crippen molar-refractivity contribution in [2.45, 2.75) is 32.2 Å². The van der Waals surface area contributed by atoms with E-state index in [1.807, 2.05) is 12.1 Å². The summed E-state index contributed by atoms with van der Waals surface area (Å²) in [5.41, 5.74) is 1.07. The quantitative estimate of drug-likeness (QED) is 0.745. The molecule has 4 heteroatoms. The molecule has 2 aromatic heterocycles. The molecule has 0 amide bonds. The highest BCUT2D eigenvalue weighted by Crippen LogP contribution is 2.33. The molecule has 3 rings (SSSR count). The third-order valence-corrected chi connectivity index (χ3v) is 4.39. The molecule has 2 nitrogen and oxygen atoms in total. The molecule has 1 aliphatic rings. The van der Waals surface area contributed by atoms with Crippen LogP contribution in [0, 0.1) is 0 Å². The fraction of sp³-hybridized carbons (Fsp3) is 0.417. The van der Waals surface area contributed by atoms with Crippen molar-refractivity contribution in [2.24, 2.45) is 0 Å². The maximum absolute atomic E-state index is 5.95. The summed E-state index contributed by atoms with van der Waals surface area (Å²) in [5.74, 6) is 1.22. The maximum Gasteiger partial charge on any atom is 0.109 e. The molecule has 84 valence electrons. The fourth-order valence-electron chi connectivity index (χ4n) is 2.26. The van der Waals surface area contributed by atoms with Crippen LogP contribution in [-0.4, -0.2) is 9.55 Å². The molecule has 0 bridgehead atoms. The zero-order valence-corrected chi connectivity index (χ0v) is 10.7. The molecular weight excluding hydrogens is 240 g/mol. The number of imidazole rings is 1. The van der Waals surface area contributed by atoms with Crippen LogP contribution in [0.3, 0.4) is 0 Å². The summed E-state index contributed by atoms with van der Waals surface area (Å²) in [5, 5.41) is 0. The van der Waals surface area contributed by atoms with Gasteiger partial charge in [-0.3, -0.25) is 0 Å². The maximum atomic E-state index is 5.95. The number of thiophene rings is 1. The Kier molecular flexibility index (Phi) is 2.52. The molecule has 0 unspecified atom stereocenters. The van der Waals surface area contributed by atoms with E-state index in [2.05, 4.69) is 17.7 Å². The number of rotatable bonds is 1. The molecule has 16 heavy (non-hydrogen) atoms. The lowest BCUT2D eigenvalue weighted by Gasteiger charge is -2.20.